The van der Waals surface area contributed by atoms with E-state index in [-0.39, 0.29) is 23.9 Å². The highest BCUT2D eigenvalue weighted by Gasteiger charge is 2.13. The summed E-state index contributed by atoms with van der Waals surface area (Å²) in [6.45, 7) is 5.32. The Kier molecular flexibility index (Phi) is 7.15. The summed E-state index contributed by atoms with van der Waals surface area (Å²) in [5, 5.41) is 2.78. The summed E-state index contributed by atoms with van der Waals surface area (Å²) in [6, 6.07) is 12.2. The van der Waals surface area contributed by atoms with Gasteiger partial charge in [-0.05, 0) is 50.2 Å². The molecule has 1 amide bonds. The largest absolute Gasteiger partial charge is 0.494 e. The third-order valence-electron chi connectivity index (χ3n) is 4.28. The van der Waals surface area contributed by atoms with Crippen LogP contribution in [0.5, 0.6) is 11.6 Å². The number of rotatable bonds is 9. The van der Waals surface area contributed by atoms with Crippen LogP contribution in [-0.4, -0.2) is 40.2 Å². The molecule has 0 bridgehead atoms. The first-order chi connectivity index (χ1) is 14.6. The Morgan fingerprint density at radius 2 is 1.83 bits per heavy atom. The van der Waals surface area contributed by atoms with Crippen molar-refractivity contribution in [2.75, 3.05) is 19.8 Å². The van der Waals surface area contributed by atoms with Crippen LogP contribution in [0.2, 0.25) is 0 Å². The highest BCUT2D eigenvalue weighted by molar-refractivity contribution is 5.96. The number of hydrogen-bond acceptors (Lipinski definition) is 6. The number of aromatic nitrogens is 3. The van der Waals surface area contributed by atoms with Gasteiger partial charge in [0.15, 0.2) is 0 Å². The molecule has 1 aromatic carbocycles. The van der Waals surface area contributed by atoms with Gasteiger partial charge in [0.25, 0.3) is 11.5 Å². The number of carbonyl (C=O) groups excluding carboxylic acids is 1. The second kappa shape index (κ2) is 10.2. The van der Waals surface area contributed by atoms with Crippen molar-refractivity contribution >= 4 is 5.91 Å². The molecular weight excluding hydrogens is 384 g/mol. The summed E-state index contributed by atoms with van der Waals surface area (Å²) in [4.78, 5) is 33.2. The molecular formula is C22H24N4O4. The number of carbonyl (C=O) groups is 1. The number of benzene rings is 1. The molecule has 3 rings (SSSR count). The predicted octanol–water partition coefficient (Wildman–Crippen LogP) is 2.53. The zero-order chi connectivity index (χ0) is 21.3. The number of nitrogens with zero attached hydrogens (tertiary/aromatic N) is 3. The van der Waals surface area contributed by atoms with Gasteiger partial charge in [0.2, 0.25) is 5.88 Å². The standard InChI is InChI=1S/C22H24N4O4/c1-3-29-17-9-7-16(8-10-17)19-14-20(27)26(15-25-19)13-12-23-21(28)18-6-5-11-24-22(18)30-4-2/h5-11,14-15H,3-4,12-13H2,1-2H3,(H,23,28). The molecule has 1 N–H and O–H groups in total. The maximum Gasteiger partial charge on any atom is 0.256 e. The van der Waals surface area contributed by atoms with Gasteiger partial charge in [-0.3, -0.25) is 14.2 Å². The van der Waals surface area contributed by atoms with E-state index in [9.17, 15) is 9.59 Å². The first-order valence-electron chi connectivity index (χ1n) is 9.78. The summed E-state index contributed by atoms with van der Waals surface area (Å²) in [7, 11) is 0. The Morgan fingerprint density at radius 3 is 2.53 bits per heavy atom. The zero-order valence-electron chi connectivity index (χ0n) is 17.0. The lowest BCUT2D eigenvalue weighted by Crippen LogP contribution is -2.31. The molecule has 0 saturated carbocycles. The Balaban J connectivity index is 1.61. The Hall–Kier alpha value is -3.68. The van der Waals surface area contributed by atoms with E-state index in [0.29, 0.717) is 31.0 Å². The van der Waals surface area contributed by atoms with Crippen molar-refractivity contribution in [1.82, 2.24) is 19.9 Å². The van der Waals surface area contributed by atoms with E-state index < -0.39 is 0 Å². The average Bonchev–Trinajstić information content (AvgIpc) is 2.76. The van der Waals surface area contributed by atoms with Crippen LogP contribution < -0.4 is 20.3 Å². The first-order valence-corrected chi connectivity index (χ1v) is 9.78. The molecule has 0 spiro atoms. The predicted molar refractivity (Wildman–Crippen MR) is 113 cm³/mol. The molecule has 0 fully saturated rings. The minimum atomic E-state index is -0.307. The lowest BCUT2D eigenvalue weighted by molar-refractivity contribution is 0.0947. The molecule has 0 atom stereocenters. The zero-order valence-corrected chi connectivity index (χ0v) is 17.0. The quantitative estimate of drug-likeness (QED) is 0.585. The third-order valence-corrected chi connectivity index (χ3v) is 4.28. The molecule has 30 heavy (non-hydrogen) atoms. The van der Waals surface area contributed by atoms with Gasteiger partial charge in [0.1, 0.15) is 11.3 Å². The average molecular weight is 408 g/mol. The van der Waals surface area contributed by atoms with Gasteiger partial charge in [-0.2, -0.15) is 0 Å². The molecule has 0 unspecified atom stereocenters. The van der Waals surface area contributed by atoms with Gasteiger partial charge in [-0.1, -0.05) is 0 Å². The maximum atomic E-state index is 12.4. The van der Waals surface area contributed by atoms with Gasteiger partial charge in [-0.25, -0.2) is 9.97 Å². The maximum absolute atomic E-state index is 12.4. The third kappa shape index (κ3) is 5.22. The molecule has 0 aliphatic heterocycles. The molecule has 0 aliphatic carbocycles. The molecule has 2 heterocycles. The minimum absolute atomic E-state index is 0.195. The monoisotopic (exact) mass is 408 g/mol. The van der Waals surface area contributed by atoms with Crippen molar-refractivity contribution in [1.29, 1.82) is 0 Å². The van der Waals surface area contributed by atoms with Crippen LogP contribution >= 0.6 is 0 Å². The summed E-state index contributed by atoms with van der Waals surface area (Å²) in [6.07, 6.45) is 3.05. The number of pyridine rings is 1. The highest BCUT2D eigenvalue weighted by Crippen LogP contribution is 2.19. The second-order valence-electron chi connectivity index (χ2n) is 6.31. The summed E-state index contributed by atoms with van der Waals surface area (Å²) >= 11 is 0. The topological polar surface area (TPSA) is 95.3 Å². The summed E-state index contributed by atoms with van der Waals surface area (Å²) in [5.41, 5.74) is 1.58. The Morgan fingerprint density at radius 1 is 1.07 bits per heavy atom. The van der Waals surface area contributed by atoms with Gasteiger partial charge in [0, 0.05) is 30.9 Å². The molecule has 3 aromatic rings. The van der Waals surface area contributed by atoms with Crippen molar-refractivity contribution in [2.24, 2.45) is 0 Å². The van der Waals surface area contributed by atoms with Crippen LogP contribution in [0.4, 0.5) is 0 Å². The SMILES string of the molecule is CCOc1ccc(-c2cc(=O)n(CCNC(=O)c3cccnc3OCC)cn2)cc1. The van der Waals surface area contributed by atoms with E-state index in [2.05, 4.69) is 15.3 Å². The van der Waals surface area contributed by atoms with E-state index in [1.165, 1.54) is 17.0 Å². The van der Waals surface area contributed by atoms with Gasteiger partial charge in [0.05, 0.1) is 25.2 Å². The number of nitrogens with one attached hydrogen (secondary N) is 1. The first kappa shape index (κ1) is 21.0. The van der Waals surface area contributed by atoms with Gasteiger partial charge in [-0.15, -0.1) is 0 Å². The van der Waals surface area contributed by atoms with Gasteiger partial charge < -0.3 is 14.8 Å². The van der Waals surface area contributed by atoms with Crippen LogP contribution in [0.1, 0.15) is 24.2 Å². The molecule has 0 radical (unpaired) electrons. The van der Waals surface area contributed by atoms with Crippen LogP contribution in [-0.2, 0) is 6.54 Å². The molecule has 156 valence electrons. The van der Waals surface area contributed by atoms with Gasteiger partial charge >= 0.3 is 0 Å². The lowest BCUT2D eigenvalue weighted by Gasteiger charge is -2.10. The van der Waals surface area contributed by atoms with Crippen LogP contribution in [0, 0.1) is 0 Å². The second-order valence-corrected chi connectivity index (χ2v) is 6.31. The van der Waals surface area contributed by atoms with E-state index >= 15 is 0 Å². The Bertz CT molecular complexity index is 1050. The van der Waals surface area contributed by atoms with Crippen molar-refractivity contribution in [3.8, 4) is 22.9 Å². The molecule has 0 aliphatic rings. The molecule has 8 heteroatoms. The smallest absolute Gasteiger partial charge is 0.256 e. The van der Waals surface area contributed by atoms with Crippen LogP contribution in [0.25, 0.3) is 11.3 Å². The lowest BCUT2D eigenvalue weighted by atomic mass is 10.1. The fourth-order valence-electron chi connectivity index (χ4n) is 2.84. The van der Waals surface area contributed by atoms with Crippen LogP contribution in [0.3, 0.4) is 0 Å². The minimum Gasteiger partial charge on any atom is -0.494 e. The normalized spacial score (nSPS) is 10.5. The van der Waals surface area contributed by atoms with Crippen molar-refractivity contribution in [3.63, 3.8) is 0 Å². The number of amides is 1. The van der Waals surface area contributed by atoms with Crippen molar-refractivity contribution < 1.29 is 14.3 Å². The van der Waals surface area contributed by atoms with Crippen molar-refractivity contribution in [2.45, 2.75) is 20.4 Å². The molecule has 2 aromatic heterocycles. The van der Waals surface area contributed by atoms with E-state index in [4.69, 9.17) is 9.47 Å². The van der Waals surface area contributed by atoms with E-state index in [1.54, 1.807) is 18.3 Å². The van der Waals surface area contributed by atoms with E-state index in [1.807, 2.05) is 38.1 Å². The van der Waals surface area contributed by atoms with Crippen molar-refractivity contribution in [3.05, 3.63) is 70.9 Å². The summed E-state index contributed by atoms with van der Waals surface area (Å²) < 4.78 is 12.2. The van der Waals surface area contributed by atoms with E-state index in [0.717, 1.165) is 11.3 Å². The number of hydrogen-bond donors (Lipinski definition) is 1. The Labute approximate surface area is 174 Å². The fourth-order valence-corrected chi connectivity index (χ4v) is 2.84. The summed E-state index contributed by atoms with van der Waals surface area (Å²) in [5.74, 6) is 0.751. The van der Waals surface area contributed by atoms with Crippen LogP contribution in [0.15, 0.2) is 59.8 Å². The fraction of sp³-hybridized carbons (Fsp3) is 0.273. The highest BCUT2D eigenvalue weighted by atomic mass is 16.5. The molecule has 8 nitrogen and oxygen atoms in total. The molecule has 0 saturated heterocycles. The number of ether oxygens (including phenoxy) is 2.